The number of nitrogens with zero attached hydrogens (tertiary/aromatic N) is 1. The average Bonchev–Trinajstić information content (AvgIpc) is 2.41. The number of ether oxygens (including phenoxy) is 1. The molecule has 0 aliphatic heterocycles. The summed E-state index contributed by atoms with van der Waals surface area (Å²) in [5.41, 5.74) is 0.0159. The predicted molar refractivity (Wildman–Crippen MR) is 77.7 cm³/mol. The lowest BCUT2D eigenvalue weighted by atomic mass is 10.2. The van der Waals surface area contributed by atoms with Crippen molar-refractivity contribution in [1.29, 1.82) is 0 Å². The Morgan fingerprint density at radius 1 is 1.45 bits per heavy atom. The number of benzene rings is 1. The highest BCUT2D eigenvalue weighted by Crippen LogP contribution is 2.14. The van der Waals surface area contributed by atoms with Gasteiger partial charge in [0.15, 0.2) is 0 Å². The Hall–Kier alpha value is -1.17. The van der Waals surface area contributed by atoms with Gasteiger partial charge in [-0.1, -0.05) is 11.6 Å². The molecule has 20 heavy (non-hydrogen) atoms. The minimum absolute atomic E-state index is 0.0159. The van der Waals surface area contributed by atoms with E-state index in [1.165, 1.54) is 12.1 Å². The van der Waals surface area contributed by atoms with E-state index in [4.69, 9.17) is 16.3 Å². The highest BCUT2D eigenvalue weighted by molar-refractivity contribution is 6.30. The minimum Gasteiger partial charge on any atom is -0.383 e. The third kappa shape index (κ3) is 5.86. The van der Waals surface area contributed by atoms with E-state index in [9.17, 15) is 9.18 Å². The molecule has 1 rings (SSSR count). The lowest BCUT2D eigenvalue weighted by Crippen LogP contribution is -2.30. The third-order valence-electron chi connectivity index (χ3n) is 2.86. The molecule has 0 radical (unpaired) electrons. The maximum atomic E-state index is 13.5. The summed E-state index contributed by atoms with van der Waals surface area (Å²) in [7, 11) is 3.65. The van der Waals surface area contributed by atoms with Gasteiger partial charge in [0.1, 0.15) is 5.82 Å². The van der Waals surface area contributed by atoms with Crippen molar-refractivity contribution in [3.8, 4) is 0 Å². The van der Waals surface area contributed by atoms with E-state index in [-0.39, 0.29) is 10.6 Å². The monoisotopic (exact) mass is 302 g/mol. The molecule has 1 amide bonds. The number of methoxy groups -OCH3 is 1. The van der Waals surface area contributed by atoms with Crippen LogP contribution in [0.25, 0.3) is 0 Å². The van der Waals surface area contributed by atoms with Gasteiger partial charge >= 0.3 is 0 Å². The Bertz CT molecular complexity index is 443. The molecular formula is C14H20ClFN2O2. The molecule has 0 atom stereocenters. The minimum atomic E-state index is -0.604. The second-order valence-electron chi connectivity index (χ2n) is 4.53. The van der Waals surface area contributed by atoms with Gasteiger partial charge in [-0.25, -0.2) is 4.39 Å². The maximum absolute atomic E-state index is 13.5. The maximum Gasteiger partial charge on any atom is 0.254 e. The van der Waals surface area contributed by atoms with Crippen molar-refractivity contribution in [3.05, 3.63) is 34.6 Å². The van der Waals surface area contributed by atoms with Crippen molar-refractivity contribution in [2.24, 2.45) is 0 Å². The van der Waals surface area contributed by atoms with E-state index in [0.29, 0.717) is 13.2 Å². The van der Waals surface area contributed by atoms with E-state index in [2.05, 4.69) is 10.2 Å². The van der Waals surface area contributed by atoms with Gasteiger partial charge in [0, 0.05) is 25.2 Å². The van der Waals surface area contributed by atoms with Gasteiger partial charge in [-0.05, 0) is 38.2 Å². The van der Waals surface area contributed by atoms with Crippen LogP contribution in [0.1, 0.15) is 16.8 Å². The zero-order valence-corrected chi connectivity index (χ0v) is 12.5. The number of carbonyl (C=O) groups excluding carboxylic acids is 1. The highest BCUT2D eigenvalue weighted by Gasteiger charge is 2.11. The predicted octanol–water partition coefficient (Wildman–Crippen LogP) is 2.18. The number of likely N-dealkylation sites (N-methyl/N-ethyl adjacent to an activating group) is 1. The van der Waals surface area contributed by atoms with Gasteiger partial charge < -0.3 is 15.0 Å². The molecule has 1 aromatic carbocycles. The van der Waals surface area contributed by atoms with Crippen LogP contribution in [0, 0.1) is 5.82 Å². The first-order valence-electron chi connectivity index (χ1n) is 6.45. The van der Waals surface area contributed by atoms with E-state index in [0.717, 1.165) is 25.6 Å². The fourth-order valence-corrected chi connectivity index (χ4v) is 1.84. The first-order valence-corrected chi connectivity index (χ1v) is 6.83. The molecule has 1 N–H and O–H groups in total. The Kier molecular flexibility index (Phi) is 7.51. The van der Waals surface area contributed by atoms with Gasteiger partial charge in [0.25, 0.3) is 5.91 Å². The summed E-state index contributed by atoms with van der Waals surface area (Å²) in [6.07, 6.45) is 0.793. The Morgan fingerprint density at radius 2 is 2.20 bits per heavy atom. The Balaban J connectivity index is 2.30. The molecule has 0 fully saturated rings. The fraction of sp³-hybridized carbons (Fsp3) is 0.500. The molecule has 0 saturated carbocycles. The summed E-state index contributed by atoms with van der Waals surface area (Å²) in [4.78, 5) is 13.9. The Labute approximate surface area is 123 Å². The lowest BCUT2D eigenvalue weighted by molar-refractivity contribution is 0.0947. The second-order valence-corrected chi connectivity index (χ2v) is 4.97. The molecule has 0 aromatic heterocycles. The van der Waals surface area contributed by atoms with Crippen molar-refractivity contribution >= 4 is 17.5 Å². The second kappa shape index (κ2) is 8.89. The van der Waals surface area contributed by atoms with Crippen LogP contribution in [-0.2, 0) is 4.74 Å². The van der Waals surface area contributed by atoms with Crippen LogP contribution in [-0.4, -0.2) is 51.2 Å². The van der Waals surface area contributed by atoms with E-state index in [1.807, 2.05) is 7.05 Å². The molecule has 1 aromatic rings. The van der Waals surface area contributed by atoms with E-state index >= 15 is 0 Å². The standard InChI is InChI=1S/C14H20ClFN2O2/c1-18(8-9-20-2)7-3-6-17-14(19)12-5-4-11(15)10-13(12)16/h4-5,10H,3,6-9H2,1-2H3,(H,17,19). The van der Waals surface area contributed by atoms with Crippen LogP contribution < -0.4 is 5.32 Å². The van der Waals surface area contributed by atoms with Gasteiger partial charge in [0.2, 0.25) is 0 Å². The van der Waals surface area contributed by atoms with Crippen molar-refractivity contribution in [2.75, 3.05) is 40.4 Å². The van der Waals surface area contributed by atoms with Crippen LogP contribution in [0.15, 0.2) is 18.2 Å². The van der Waals surface area contributed by atoms with Gasteiger partial charge in [-0.3, -0.25) is 4.79 Å². The van der Waals surface area contributed by atoms with Gasteiger partial charge in [-0.15, -0.1) is 0 Å². The number of rotatable bonds is 8. The fourth-order valence-electron chi connectivity index (χ4n) is 1.68. The molecular weight excluding hydrogens is 283 g/mol. The number of hydrogen-bond donors (Lipinski definition) is 1. The average molecular weight is 303 g/mol. The number of nitrogens with one attached hydrogen (secondary N) is 1. The van der Waals surface area contributed by atoms with Crippen LogP contribution in [0.2, 0.25) is 5.02 Å². The van der Waals surface area contributed by atoms with Crippen LogP contribution in [0.4, 0.5) is 4.39 Å². The van der Waals surface area contributed by atoms with Crippen molar-refractivity contribution < 1.29 is 13.9 Å². The van der Waals surface area contributed by atoms with Crippen LogP contribution >= 0.6 is 11.6 Å². The largest absolute Gasteiger partial charge is 0.383 e. The molecule has 0 bridgehead atoms. The summed E-state index contributed by atoms with van der Waals surface area (Å²) in [5.74, 6) is -1.02. The topological polar surface area (TPSA) is 41.6 Å². The van der Waals surface area contributed by atoms with Crippen molar-refractivity contribution in [3.63, 3.8) is 0 Å². The number of halogens is 2. The molecule has 0 aliphatic carbocycles. The molecule has 6 heteroatoms. The number of carbonyl (C=O) groups is 1. The molecule has 4 nitrogen and oxygen atoms in total. The summed E-state index contributed by atoms with van der Waals surface area (Å²) in [6.45, 7) is 2.86. The molecule has 0 unspecified atom stereocenters. The molecule has 0 aliphatic rings. The SMILES string of the molecule is COCCN(C)CCCNC(=O)c1ccc(Cl)cc1F. The quantitative estimate of drug-likeness (QED) is 0.748. The first kappa shape index (κ1) is 16.9. The number of amides is 1. The highest BCUT2D eigenvalue weighted by atomic mass is 35.5. The third-order valence-corrected chi connectivity index (χ3v) is 3.09. The summed E-state index contributed by atoms with van der Waals surface area (Å²) >= 11 is 5.64. The van der Waals surface area contributed by atoms with E-state index in [1.54, 1.807) is 7.11 Å². The molecule has 0 spiro atoms. The summed E-state index contributed by atoms with van der Waals surface area (Å²) in [6, 6.07) is 4.02. The van der Waals surface area contributed by atoms with E-state index < -0.39 is 11.7 Å². The van der Waals surface area contributed by atoms with Gasteiger partial charge in [-0.2, -0.15) is 0 Å². The smallest absolute Gasteiger partial charge is 0.254 e. The lowest BCUT2D eigenvalue weighted by Gasteiger charge is -2.15. The zero-order chi connectivity index (χ0) is 15.0. The first-order chi connectivity index (χ1) is 9.54. The summed E-state index contributed by atoms with van der Waals surface area (Å²) < 4.78 is 18.5. The van der Waals surface area contributed by atoms with Crippen LogP contribution in [0.5, 0.6) is 0 Å². The van der Waals surface area contributed by atoms with Crippen molar-refractivity contribution in [2.45, 2.75) is 6.42 Å². The molecule has 112 valence electrons. The Morgan fingerprint density at radius 3 is 2.85 bits per heavy atom. The molecule has 0 saturated heterocycles. The van der Waals surface area contributed by atoms with Gasteiger partial charge in [0.05, 0.1) is 12.2 Å². The zero-order valence-electron chi connectivity index (χ0n) is 11.8. The van der Waals surface area contributed by atoms with Crippen molar-refractivity contribution in [1.82, 2.24) is 10.2 Å². The number of hydrogen-bond acceptors (Lipinski definition) is 3. The van der Waals surface area contributed by atoms with Crippen LogP contribution in [0.3, 0.4) is 0 Å². The normalized spacial score (nSPS) is 10.8. The molecule has 0 heterocycles. The summed E-state index contributed by atoms with van der Waals surface area (Å²) in [5, 5.41) is 2.97.